The maximum atomic E-state index is 10.5. The maximum absolute atomic E-state index is 10.5. The summed E-state index contributed by atoms with van der Waals surface area (Å²) in [5, 5.41) is 0. The Morgan fingerprint density at radius 1 is 1.50 bits per heavy atom. The lowest BCUT2D eigenvalue weighted by molar-refractivity contribution is 0.387. The highest BCUT2D eigenvalue weighted by molar-refractivity contribution is 7.81. The topological polar surface area (TPSA) is 63.6 Å². The highest BCUT2D eigenvalue weighted by atomic mass is 32.3. The minimum atomic E-state index is -5.05. The van der Waals surface area contributed by atoms with Crippen LogP contribution in [0.5, 0.6) is 5.75 Å². The summed E-state index contributed by atoms with van der Waals surface area (Å²) in [6.45, 7) is -2.91. The summed E-state index contributed by atoms with van der Waals surface area (Å²) in [5.41, 5.74) is -0.856. The monoisotopic (exact) mass is 195 g/mol. The van der Waals surface area contributed by atoms with Crippen LogP contribution >= 0.6 is 0 Å². The van der Waals surface area contributed by atoms with Gasteiger partial charge in [0, 0.05) is 4.11 Å². The fourth-order valence-corrected chi connectivity index (χ4v) is 0.742. The first kappa shape index (κ1) is 3.35. The van der Waals surface area contributed by atoms with E-state index in [9.17, 15) is 8.42 Å². The molecule has 1 rings (SSSR count). The molecule has 0 aromatic heterocycles. The van der Waals surface area contributed by atoms with E-state index in [2.05, 4.69) is 4.18 Å². The van der Waals surface area contributed by atoms with Gasteiger partial charge >= 0.3 is 10.4 Å². The molecule has 0 atom stereocenters. The molecule has 1 N–H and O–H groups in total. The van der Waals surface area contributed by atoms with Crippen LogP contribution in [0.15, 0.2) is 24.2 Å². The van der Waals surface area contributed by atoms with E-state index in [0.717, 1.165) is 0 Å². The van der Waals surface area contributed by atoms with Crippen molar-refractivity contribution >= 4 is 10.4 Å². The maximum Gasteiger partial charge on any atom is 0.446 e. The summed E-state index contributed by atoms with van der Waals surface area (Å²) in [6.07, 6.45) is 0. The van der Waals surface area contributed by atoms with Crippen molar-refractivity contribution in [3.05, 3.63) is 29.7 Å². The zero-order chi connectivity index (χ0) is 15.2. The van der Waals surface area contributed by atoms with Gasteiger partial charge in [-0.25, -0.2) is 0 Å². The van der Waals surface area contributed by atoms with E-state index in [0.29, 0.717) is 0 Å². The molecule has 0 bridgehead atoms. The van der Waals surface area contributed by atoms with E-state index >= 15 is 0 Å². The van der Waals surface area contributed by atoms with Crippen LogP contribution in [0.1, 0.15) is 15.2 Å². The van der Waals surface area contributed by atoms with Crippen molar-refractivity contribution in [3.8, 4) is 5.75 Å². The van der Waals surface area contributed by atoms with Crippen molar-refractivity contribution in [1.29, 1.82) is 0 Å². The van der Waals surface area contributed by atoms with Crippen LogP contribution in [0, 0.1) is 6.85 Å². The van der Waals surface area contributed by atoms with Gasteiger partial charge in [0.2, 0.25) is 0 Å². The first-order chi connectivity index (χ1) is 8.36. The molecular weight excluding hydrogens is 180 g/mol. The molecule has 1 aromatic rings. The summed E-state index contributed by atoms with van der Waals surface area (Å²) < 4.78 is 84.5. The van der Waals surface area contributed by atoms with Crippen LogP contribution in [0.2, 0.25) is 0 Å². The van der Waals surface area contributed by atoms with Gasteiger partial charge in [-0.15, -0.1) is 0 Å². The second-order valence-electron chi connectivity index (χ2n) is 1.72. The highest BCUT2D eigenvalue weighted by Crippen LogP contribution is 2.12. The summed E-state index contributed by atoms with van der Waals surface area (Å²) in [5.74, 6) is -1.06. The SMILES string of the molecule is [2H]c1c([2H])c(C([2H])([2H])[2H])c([2H])c([2H])c1OS(=O)(=O)O. The Hall–Kier alpha value is -1.07. The fraction of sp³-hybridized carbons (Fsp3) is 0.143. The molecule has 0 amide bonds. The van der Waals surface area contributed by atoms with Crippen molar-refractivity contribution in [2.24, 2.45) is 0 Å². The Morgan fingerprint density at radius 2 is 2.08 bits per heavy atom. The Bertz CT molecular complexity index is 592. The molecule has 0 aliphatic heterocycles. The Morgan fingerprint density at radius 3 is 2.50 bits per heavy atom. The molecule has 1 aromatic carbocycles. The largest absolute Gasteiger partial charge is 0.446 e. The van der Waals surface area contributed by atoms with Crippen molar-refractivity contribution in [2.75, 3.05) is 0 Å². The van der Waals surface area contributed by atoms with E-state index in [4.69, 9.17) is 14.1 Å². The molecule has 5 heteroatoms. The zero-order valence-electron chi connectivity index (χ0n) is 12.6. The van der Waals surface area contributed by atoms with Gasteiger partial charge in [0.05, 0.1) is 5.48 Å². The smallest absolute Gasteiger partial charge is 0.362 e. The van der Waals surface area contributed by atoms with Crippen LogP contribution in [0.4, 0.5) is 0 Å². The van der Waals surface area contributed by atoms with Crippen molar-refractivity contribution in [1.82, 2.24) is 0 Å². The molecule has 12 heavy (non-hydrogen) atoms. The molecule has 0 aliphatic carbocycles. The van der Waals surface area contributed by atoms with Crippen LogP contribution in [-0.4, -0.2) is 13.0 Å². The molecular formula is C7H8O4S. The Balaban J connectivity index is 3.67. The van der Waals surface area contributed by atoms with Gasteiger partial charge in [0.15, 0.2) is 0 Å². The van der Waals surface area contributed by atoms with Gasteiger partial charge in [-0.1, -0.05) is 17.6 Å². The van der Waals surface area contributed by atoms with E-state index in [1.54, 1.807) is 0 Å². The van der Waals surface area contributed by atoms with Crippen LogP contribution in [0.25, 0.3) is 0 Å². The lowest BCUT2D eigenvalue weighted by Gasteiger charge is -2.00. The predicted molar refractivity (Wildman–Crippen MR) is 43.4 cm³/mol. The molecule has 0 heterocycles. The van der Waals surface area contributed by atoms with Gasteiger partial charge in [-0.3, -0.25) is 4.55 Å². The van der Waals surface area contributed by atoms with Gasteiger partial charge in [-0.05, 0) is 18.9 Å². The summed E-state index contributed by atoms with van der Waals surface area (Å²) in [7, 11) is -5.05. The van der Waals surface area contributed by atoms with Crippen LogP contribution < -0.4 is 4.18 Å². The van der Waals surface area contributed by atoms with Gasteiger partial charge in [0.1, 0.15) is 5.75 Å². The molecule has 0 radical (unpaired) electrons. The number of rotatable bonds is 2. The van der Waals surface area contributed by atoms with E-state index in [1.807, 2.05) is 0 Å². The lowest BCUT2D eigenvalue weighted by atomic mass is 10.2. The minimum Gasteiger partial charge on any atom is -0.362 e. The average Bonchev–Trinajstić information content (AvgIpc) is 2.18. The summed E-state index contributed by atoms with van der Waals surface area (Å²) in [4.78, 5) is 0. The van der Waals surface area contributed by atoms with Gasteiger partial charge < -0.3 is 4.18 Å². The molecule has 66 valence electrons. The highest BCUT2D eigenvalue weighted by Gasteiger charge is 2.05. The van der Waals surface area contributed by atoms with Crippen molar-refractivity contribution in [3.63, 3.8) is 0 Å². The average molecular weight is 195 g/mol. The van der Waals surface area contributed by atoms with E-state index in [-0.39, 0.29) is 0 Å². The molecule has 0 unspecified atom stereocenters. The zero-order valence-corrected chi connectivity index (χ0v) is 6.40. The third-order valence-corrected chi connectivity index (χ3v) is 1.17. The van der Waals surface area contributed by atoms with Crippen molar-refractivity contribution in [2.45, 2.75) is 6.85 Å². The Labute approximate surface area is 80.6 Å². The molecule has 4 nitrogen and oxygen atoms in total. The van der Waals surface area contributed by atoms with E-state index < -0.39 is 52.7 Å². The van der Waals surface area contributed by atoms with Crippen molar-refractivity contribution < 1.29 is 26.7 Å². The molecule has 0 saturated heterocycles. The first-order valence-corrected chi connectivity index (χ1v) is 4.00. The number of hydrogen-bond donors (Lipinski definition) is 1. The number of benzene rings is 1. The lowest BCUT2D eigenvalue weighted by Crippen LogP contribution is -2.06. The van der Waals surface area contributed by atoms with E-state index in [1.165, 1.54) is 0 Å². The second-order valence-corrected chi connectivity index (χ2v) is 2.74. The molecule has 0 spiro atoms. The molecule has 0 saturated carbocycles. The molecule has 0 aliphatic rings. The first-order valence-electron chi connectivity index (χ1n) is 6.14. The van der Waals surface area contributed by atoms with Crippen LogP contribution in [-0.2, 0) is 10.4 Å². The third-order valence-electron chi connectivity index (χ3n) is 0.791. The third kappa shape index (κ3) is 2.89. The summed E-state index contributed by atoms with van der Waals surface area (Å²) >= 11 is 0. The predicted octanol–water partition coefficient (Wildman–Crippen LogP) is 1.18. The quantitative estimate of drug-likeness (QED) is 0.720. The Kier molecular flexibility index (Phi) is 0.872. The summed E-state index contributed by atoms with van der Waals surface area (Å²) in [6, 6.07) is -3.94. The normalized spacial score (nSPS) is 20.6. The van der Waals surface area contributed by atoms with Gasteiger partial charge in [0.25, 0.3) is 0 Å². The molecule has 0 fully saturated rings. The van der Waals surface area contributed by atoms with Gasteiger partial charge in [-0.2, -0.15) is 8.42 Å². The van der Waals surface area contributed by atoms with Crippen LogP contribution in [0.3, 0.4) is 0 Å². The second kappa shape index (κ2) is 3.12. The number of hydrogen-bond acceptors (Lipinski definition) is 3. The minimum absolute atomic E-state index is 0.856. The fourth-order valence-electron chi connectivity index (χ4n) is 0.448. The standard InChI is InChI=1S/C7H8O4S/c1-6-2-4-7(5-3-6)11-12(8,9)10/h2-5H,1H3,(H,8,9,10)/i1D3,2D,3D,4D,5D.